The van der Waals surface area contributed by atoms with Gasteiger partial charge in [0.2, 0.25) is 0 Å². The maximum absolute atomic E-state index is 11.4. The van der Waals surface area contributed by atoms with Crippen LogP contribution in [0, 0.1) is 0 Å². The van der Waals surface area contributed by atoms with E-state index in [1.807, 2.05) is 60.7 Å². The Balaban J connectivity index is 2.01. The molecule has 1 aromatic heterocycles. The summed E-state index contributed by atoms with van der Waals surface area (Å²) in [6.45, 7) is 3.13. The monoisotopic (exact) mass is 374 g/mol. The van der Waals surface area contributed by atoms with E-state index in [1.54, 1.807) is 14.0 Å². The van der Waals surface area contributed by atoms with Crippen LogP contribution in [0.3, 0.4) is 0 Å². The number of ketones is 1. The number of methoxy groups -OCH3 is 1. The summed E-state index contributed by atoms with van der Waals surface area (Å²) >= 11 is 0. The fraction of sp³-hybridized carbons (Fsp3) is 0.182. The van der Waals surface area contributed by atoms with Crippen LogP contribution in [0.5, 0.6) is 5.75 Å². The van der Waals surface area contributed by atoms with E-state index in [0.29, 0.717) is 18.0 Å². The Morgan fingerprint density at radius 3 is 2.43 bits per heavy atom. The Bertz CT molecular complexity index is 1000. The number of ether oxygens (including phenoxy) is 1. The maximum Gasteiger partial charge on any atom is 0.175 e. The topological polar surface area (TPSA) is 76.5 Å². The van der Waals surface area contributed by atoms with Crippen molar-refractivity contribution in [1.29, 1.82) is 0 Å². The van der Waals surface area contributed by atoms with Gasteiger partial charge in [-0.15, -0.1) is 10.2 Å². The number of carbonyl (C=O) groups is 1. The second kappa shape index (κ2) is 8.90. The van der Waals surface area contributed by atoms with Crippen LogP contribution in [0.15, 0.2) is 65.8 Å². The maximum atomic E-state index is 11.4. The van der Waals surface area contributed by atoms with Gasteiger partial charge < -0.3 is 4.74 Å². The Labute approximate surface area is 164 Å². The number of benzene rings is 2. The molecule has 0 bridgehead atoms. The number of carbonyl (C=O) groups excluding carboxylic acids is 1. The number of nitrogens with zero attached hydrogens (tertiary/aromatic N) is 3. The number of para-hydroxylation sites is 1. The van der Waals surface area contributed by atoms with E-state index in [0.717, 1.165) is 28.1 Å². The number of aromatic nitrogens is 2. The fourth-order valence-corrected chi connectivity index (χ4v) is 2.68. The zero-order valence-electron chi connectivity index (χ0n) is 16.1. The van der Waals surface area contributed by atoms with E-state index in [1.165, 1.54) is 6.92 Å². The molecule has 0 saturated heterocycles. The summed E-state index contributed by atoms with van der Waals surface area (Å²) in [7, 11) is 1.65. The molecule has 1 N–H and O–H groups in total. The van der Waals surface area contributed by atoms with Gasteiger partial charge in [-0.1, -0.05) is 48.5 Å². The number of hydrogen-bond donors (Lipinski definition) is 1. The largest absolute Gasteiger partial charge is 0.496 e. The number of nitrogens with one attached hydrogen (secondary N) is 1. The van der Waals surface area contributed by atoms with Crippen LogP contribution in [-0.4, -0.2) is 28.8 Å². The van der Waals surface area contributed by atoms with Crippen molar-refractivity contribution >= 4 is 17.3 Å². The Morgan fingerprint density at radius 2 is 1.71 bits per heavy atom. The lowest BCUT2D eigenvalue weighted by Crippen LogP contribution is -2.09. The highest BCUT2D eigenvalue weighted by molar-refractivity contribution is 6.38. The first-order chi connectivity index (χ1) is 13.6. The second-order valence-corrected chi connectivity index (χ2v) is 6.32. The summed E-state index contributed by atoms with van der Waals surface area (Å²) in [5.41, 5.74) is 6.92. The normalized spacial score (nSPS) is 11.2. The van der Waals surface area contributed by atoms with Crippen molar-refractivity contribution in [3.63, 3.8) is 0 Å². The molecule has 0 amide bonds. The van der Waals surface area contributed by atoms with Crippen LogP contribution in [0.4, 0.5) is 5.82 Å². The van der Waals surface area contributed by atoms with Crippen molar-refractivity contribution in [1.82, 2.24) is 10.2 Å². The zero-order valence-corrected chi connectivity index (χ0v) is 16.1. The van der Waals surface area contributed by atoms with E-state index in [4.69, 9.17) is 4.74 Å². The Hall–Kier alpha value is -3.54. The minimum atomic E-state index is -0.104. The van der Waals surface area contributed by atoms with Gasteiger partial charge in [-0.3, -0.25) is 10.2 Å². The summed E-state index contributed by atoms with van der Waals surface area (Å²) in [6, 6.07) is 19.7. The third-order valence-corrected chi connectivity index (χ3v) is 4.35. The highest BCUT2D eigenvalue weighted by Crippen LogP contribution is 2.26. The van der Waals surface area contributed by atoms with Crippen LogP contribution in [0.2, 0.25) is 0 Å². The summed E-state index contributed by atoms with van der Waals surface area (Å²) in [5, 5.41) is 12.8. The fourth-order valence-electron chi connectivity index (χ4n) is 2.68. The van der Waals surface area contributed by atoms with Crippen LogP contribution in [0.25, 0.3) is 11.3 Å². The first-order valence-electron chi connectivity index (χ1n) is 8.93. The lowest BCUT2D eigenvalue weighted by Gasteiger charge is -2.12. The van der Waals surface area contributed by atoms with Gasteiger partial charge in [-0.05, 0) is 24.6 Å². The summed E-state index contributed by atoms with van der Waals surface area (Å²) < 4.78 is 5.47. The molecule has 142 valence electrons. The van der Waals surface area contributed by atoms with E-state index < -0.39 is 0 Å². The summed E-state index contributed by atoms with van der Waals surface area (Å²) in [6.07, 6.45) is 0.580. The third kappa shape index (κ3) is 4.59. The molecular weight excluding hydrogens is 352 g/mol. The van der Waals surface area contributed by atoms with Crippen molar-refractivity contribution in [2.75, 3.05) is 12.5 Å². The predicted octanol–water partition coefficient (Wildman–Crippen LogP) is 4.12. The van der Waals surface area contributed by atoms with Gasteiger partial charge in [0.1, 0.15) is 11.5 Å². The molecule has 1 heterocycles. The van der Waals surface area contributed by atoms with Gasteiger partial charge in [0, 0.05) is 24.5 Å². The molecule has 0 aliphatic rings. The molecule has 28 heavy (non-hydrogen) atoms. The number of Topliss-reactive ketones (excluding diaryl/α,β-unsaturated/α-hetero) is 1. The Kier molecular flexibility index (Phi) is 6.11. The van der Waals surface area contributed by atoms with Crippen LogP contribution in [0.1, 0.15) is 25.0 Å². The minimum absolute atomic E-state index is 0.104. The Morgan fingerprint density at radius 1 is 1.00 bits per heavy atom. The smallest absolute Gasteiger partial charge is 0.175 e. The lowest BCUT2D eigenvalue weighted by atomic mass is 10.0. The molecule has 6 nitrogen and oxygen atoms in total. The van der Waals surface area contributed by atoms with Crippen molar-refractivity contribution in [2.45, 2.75) is 20.3 Å². The standard InChI is InChI=1S/C22H22N4O2/c1-15(16(2)27)23-25-22-19(13-18-11-7-8-12-21(18)28-3)14-20(24-26-22)17-9-5-4-6-10-17/h4-12,14H,13H2,1-3H3,(H,25,26)/b23-15-. The minimum Gasteiger partial charge on any atom is -0.496 e. The van der Waals surface area contributed by atoms with Gasteiger partial charge in [0.05, 0.1) is 12.8 Å². The van der Waals surface area contributed by atoms with E-state index in [2.05, 4.69) is 20.7 Å². The molecule has 0 aliphatic carbocycles. The molecule has 0 aliphatic heterocycles. The summed E-state index contributed by atoms with van der Waals surface area (Å²) in [4.78, 5) is 11.4. The average molecular weight is 374 g/mol. The zero-order chi connectivity index (χ0) is 19.9. The molecule has 3 rings (SSSR count). The highest BCUT2D eigenvalue weighted by Gasteiger charge is 2.12. The van der Waals surface area contributed by atoms with Crippen LogP contribution in [-0.2, 0) is 11.2 Å². The molecule has 0 atom stereocenters. The molecule has 3 aromatic rings. The van der Waals surface area contributed by atoms with E-state index in [-0.39, 0.29) is 5.78 Å². The van der Waals surface area contributed by atoms with Crippen molar-refractivity contribution < 1.29 is 9.53 Å². The predicted molar refractivity (Wildman–Crippen MR) is 111 cm³/mol. The molecule has 0 unspecified atom stereocenters. The van der Waals surface area contributed by atoms with Gasteiger partial charge in [0.25, 0.3) is 0 Å². The molecule has 2 aromatic carbocycles. The number of hydrazone groups is 1. The number of rotatable bonds is 7. The van der Waals surface area contributed by atoms with E-state index >= 15 is 0 Å². The van der Waals surface area contributed by atoms with Crippen molar-refractivity contribution in [2.24, 2.45) is 5.10 Å². The molecule has 0 saturated carbocycles. The molecule has 0 fully saturated rings. The van der Waals surface area contributed by atoms with Gasteiger partial charge in [-0.2, -0.15) is 5.10 Å². The van der Waals surface area contributed by atoms with Gasteiger partial charge >= 0.3 is 0 Å². The highest BCUT2D eigenvalue weighted by atomic mass is 16.5. The van der Waals surface area contributed by atoms with Crippen molar-refractivity contribution in [3.05, 3.63) is 71.8 Å². The lowest BCUT2D eigenvalue weighted by molar-refractivity contribution is -0.111. The molecular formula is C22H22N4O2. The number of hydrogen-bond acceptors (Lipinski definition) is 6. The first-order valence-corrected chi connectivity index (χ1v) is 8.93. The second-order valence-electron chi connectivity index (χ2n) is 6.32. The third-order valence-electron chi connectivity index (χ3n) is 4.35. The summed E-state index contributed by atoms with van der Waals surface area (Å²) in [5.74, 6) is 1.20. The van der Waals surface area contributed by atoms with Gasteiger partial charge in [-0.25, -0.2) is 0 Å². The molecule has 6 heteroatoms. The van der Waals surface area contributed by atoms with Crippen LogP contribution >= 0.6 is 0 Å². The quantitative estimate of drug-likeness (QED) is 0.497. The first kappa shape index (κ1) is 19.2. The van der Waals surface area contributed by atoms with E-state index in [9.17, 15) is 4.79 Å². The van der Waals surface area contributed by atoms with Gasteiger partial charge in [0.15, 0.2) is 11.6 Å². The molecule has 0 spiro atoms. The van der Waals surface area contributed by atoms with Crippen LogP contribution < -0.4 is 10.2 Å². The van der Waals surface area contributed by atoms with Crippen molar-refractivity contribution in [3.8, 4) is 17.0 Å². The molecule has 0 radical (unpaired) electrons. The average Bonchev–Trinajstić information content (AvgIpc) is 2.73. The SMILES string of the molecule is COc1ccccc1Cc1cc(-c2ccccc2)nnc1N/N=C(/C)C(C)=O. The number of anilines is 1.